The SMILES string of the molecule is CNNN/C(=C/c1ccccc1)C(N)=O. The lowest BCUT2D eigenvalue weighted by Crippen LogP contribution is -2.43. The van der Waals surface area contributed by atoms with Crippen molar-refractivity contribution in [3.05, 3.63) is 41.6 Å². The van der Waals surface area contributed by atoms with Gasteiger partial charge >= 0.3 is 0 Å². The van der Waals surface area contributed by atoms with E-state index < -0.39 is 5.91 Å². The van der Waals surface area contributed by atoms with Crippen LogP contribution in [0.5, 0.6) is 0 Å². The van der Waals surface area contributed by atoms with E-state index in [9.17, 15) is 4.79 Å². The van der Waals surface area contributed by atoms with Crippen LogP contribution in [0, 0.1) is 0 Å². The fourth-order valence-corrected chi connectivity index (χ4v) is 1.01. The highest BCUT2D eigenvalue weighted by atomic mass is 16.1. The quantitative estimate of drug-likeness (QED) is 0.395. The molecular weight excluding hydrogens is 192 g/mol. The van der Waals surface area contributed by atoms with Crippen LogP contribution in [0.1, 0.15) is 5.56 Å². The molecule has 80 valence electrons. The summed E-state index contributed by atoms with van der Waals surface area (Å²) in [4.78, 5) is 11.0. The highest BCUT2D eigenvalue weighted by Gasteiger charge is 2.02. The highest BCUT2D eigenvalue weighted by Crippen LogP contribution is 2.03. The average molecular weight is 206 g/mol. The van der Waals surface area contributed by atoms with Crippen LogP contribution in [-0.4, -0.2) is 13.0 Å². The Morgan fingerprint density at radius 1 is 1.33 bits per heavy atom. The van der Waals surface area contributed by atoms with E-state index in [0.717, 1.165) is 5.56 Å². The molecule has 5 nitrogen and oxygen atoms in total. The molecule has 0 heterocycles. The first-order valence-corrected chi connectivity index (χ1v) is 4.48. The lowest BCUT2D eigenvalue weighted by atomic mass is 10.2. The second-order valence-corrected chi connectivity index (χ2v) is 2.83. The summed E-state index contributed by atoms with van der Waals surface area (Å²) in [7, 11) is 1.67. The highest BCUT2D eigenvalue weighted by molar-refractivity contribution is 5.95. The van der Waals surface area contributed by atoms with Crippen LogP contribution in [0.2, 0.25) is 0 Å². The lowest BCUT2D eigenvalue weighted by molar-refractivity contribution is -0.115. The number of amides is 1. The predicted molar refractivity (Wildman–Crippen MR) is 58.9 cm³/mol. The molecule has 0 fully saturated rings. The first-order chi connectivity index (χ1) is 7.24. The van der Waals surface area contributed by atoms with Gasteiger partial charge in [-0.05, 0) is 11.6 Å². The Balaban J connectivity index is 2.79. The van der Waals surface area contributed by atoms with Crippen LogP contribution in [-0.2, 0) is 4.79 Å². The van der Waals surface area contributed by atoms with E-state index in [1.807, 2.05) is 30.3 Å². The molecule has 15 heavy (non-hydrogen) atoms. The molecule has 0 aromatic heterocycles. The van der Waals surface area contributed by atoms with Crippen molar-refractivity contribution in [2.75, 3.05) is 7.05 Å². The molecule has 0 radical (unpaired) electrons. The molecule has 5 heteroatoms. The maximum atomic E-state index is 11.0. The van der Waals surface area contributed by atoms with Gasteiger partial charge in [0.25, 0.3) is 5.91 Å². The summed E-state index contributed by atoms with van der Waals surface area (Å²) in [6, 6.07) is 9.43. The van der Waals surface area contributed by atoms with Crippen molar-refractivity contribution in [3.63, 3.8) is 0 Å². The molecule has 0 atom stereocenters. The average Bonchev–Trinajstić information content (AvgIpc) is 2.25. The summed E-state index contributed by atoms with van der Waals surface area (Å²) < 4.78 is 0. The van der Waals surface area contributed by atoms with E-state index in [0.29, 0.717) is 0 Å². The van der Waals surface area contributed by atoms with Crippen molar-refractivity contribution in [1.29, 1.82) is 0 Å². The van der Waals surface area contributed by atoms with Crippen molar-refractivity contribution >= 4 is 12.0 Å². The second-order valence-electron chi connectivity index (χ2n) is 2.83. The minimum atomic E-state index is -0.526. The number of nitrogens with two attached hydrogens (primary N) is 1. The number of benzene rings is 1. The molecule has 1 aromatic rings. The Bertz CT molecular complexity index is 348. The van der Waals surface area contributed by atoms with Crippen molar-refractivity contribution in [1.82, 2.24) is 16.4 Å². The Labute approximate surface area is 88.3 Å². The molecule has 0 unspecified atom stereocenters. The summed E-state index contributed by atoms with van der Waals surface area (Å²) in [5, 5.41) is 0. The Morgan fingerprint density at radius 3 is 2.53 bits per heavy atom. The number of hydrazine groups is 2. The van der Waals surface area contributed by atoms with Gasteiger partial charge in [0.15, 0.2) is 0 Å². The zero-order valence-electron chi connectivity index (χ0n) is 8.45. The number of hydrogen-bond acceptors (Lipinski definition) is 4. The molecule has 1 aromatic carbocycles. The van der Waals surface area contributed by atoms with E-state index in [2.05, 4.69) is 16.4 Å². The summed E-state index contributed by atoms with van der Waals surface area (Å²) >= 11 is 0. The van der Waals surface area contributed by atoms with Gasteiger partial charge in [-0.1, -0.05) is 30.3 Å². The largest absolute Gasteiger partial charge is 0.364 e. The van der Waals surface area contributed by atoms with Crippen LogP contribution in [0.15, 0.2) is 36.0 Å². The third kappa shape index (κ3) is 3.80. The predicted octanol–water partition coefficient (Wildman–Crippen LogP) is -0.259. The maximum Gasteiger partial charge on any atom is 0.266 e. The summed E-state index contributed by atoms with van der Waals surface area (Å²) in [6.45, 7) is 0. The Morgan fingerprint density at radius 2 is 2.00 bits per heavy atom. The van der Waals surface area contributed by atoms with E-state index in [1.54, 1.807) is 13.1 Å². The number of carbonyl (C=O) groups excluding carboxylic acids is 1. The standard InChI is InChI=1S/C10H14N4O/c1-12-14-13-9(10(11)15)7-8-5-3-2-4-6-8/h2-7,12-14H,1H3,(H2,11,15)/b9-7+. The number of rotatable bonds is 5. The molecule has 0 bridgehead atoms. The zero-order valence-corrected chi connectivity index (χ0v) is 8.45. The van der Waals surface area contributed by atoms with Crippen molar-refractivity contribution < 1.29 is 4.79 Å². The van der Waals surface area contributed by atoms with Crippen LogP contribution in [0.3, 0.4) is 0 Å². The molecule has 0 saturated carbocycles. The molecule has 0 saturated heterocycles. The molecule has 5 N–H and O–H groups in total. The van der Waals surface area contributed by atoms with Gasteiger partial charge in [0.2, 0.25) is 0 Å². The molecular formula is C10H14N4O. The zero-order chi connectivity index (χ0) is 11.1. The molecule has 0 aliphatic rings. The van der Waals surface area contributed by atoms with Crippen molar-refractivity contribution in [2.45, 2.75) is 0 Å². The normalized spacial score (nSPS) is 11.1. The topological polar surface area (TPSA) is 79.2 Å². The Hall–Kier alpha value is -1.85. The monoisotopic (exact) mass is 206 g/mol. The third-order valence-electron chi connectivity index (χ3n) is 1.70. The maximum absolute atomic E-state index is 11.0. The lowest BCUT2D eigenvalue weighted by Gasteiger charge is -2.07. The summed E-state index contributed by atoms with van der Waals surface area (Å²) in [5.74, 6) is -0.526. The van der Waals surface area contributed by atoms with Crippen LogP contribution < -0.4 is 22.1 Å². The fraction of sp³-hybridized carbons (Fsp3) is 0.100. The third-order valence-corrected chi connectivity index (χ3v) is 1.70. The molecule has 1 rings (SSSR count). The second kappa shape index (κ2) is 5.79. The molecule has 0 aliphatic heterocycles. The van der Waals surface area contributed by atoms with Gasteiger partial charge in [-0.2, -0.15) is 5.53 Å². The first-order valence-electron chi connectivity index (χ1n) is 4.48. The van der Waals surface area contributed by atoms with Crippen LogP contribution in [0.25, 0.3) is 6.08 Å². The van der Waals surface area contributed by atoms with Gasteiger partial charge in [-0.3, -0.25) is 4.79 Å². The van der Waals surface area contributed by atoms with Gasteiger partial charge in [0, 0.05) is 7.05 Å². The van der Waals surface area contributed by atoms with Crippen LogP contribution in [0.4, 0.5) is 0 Å². The van der Waals surface area contributed by atoms with Crippen LogP contribution >= 0.6 is 0 Å². The van der Waals surface area contributed by atoms with Gasteiger partial charge in [0.05, 0.1) is 0 Å². The van der Waals surface area contributed by atoms with Crippen molar-refractivity contribution in [3.8, 4) is 0 Å². The van der Waals surface area contributed by atoms with E-state index in [-0.39, 0.29) is 5.70 Å². The van der Waals surface area contributed by atoms with Gasteiger partial charge in [-0.15, -0.1) is 0 Å². The minimum absolute atomic E-state index is 0.288. The van der Waals surface area contributed by atoms with Gasteiger partial charge in [0.1, 0.15) is 5.70 Å². The van der Waals surface area contributed by atoms with E-state index in [1.165, 1.54) is 0 Å². The molecule has 1 amide bonds. The smallest absolute Gasteiger partial charge is 0.266 e. The first kappa shape index (κ1) is 11.2. The van der Waals surface area contributed by atoms with Gasteiger partial charge < -0.3 is 11.2 Å². The minimum Gasteiger partial charge on any atom is -0.364 e. The number of carbonyl (C=O) groups is 1. The molecule has 0 aliphatic carbocycles. The number of hydrogen-bond donors (Lipinski definition) is 4. The van der Waals surface area contributed by atoms with E-state index in [4.69, 9.17) is 5.73 Å². The number of primary amides is 1. The van der Waals surface area contributed by atoms with Crippen molar-refractivity contribution in [2.24, 2.45) is 5.73 Å². The number of nitrogens with one attached hydrogen (secondary N) is 3. The van der Waals surface area contributed by atoms with E-state index >= 15 is 0 Å². The Kier molecular flexibility index (Phi) is 4.33. The molecule has 0 spiro atoms. The summed E-state index contributed by atoms with van der Waals surface area (Å²) in [5.41, 5.74) is 14.2. The summed E-state index contributed by atoms with van der Waals surface area (Å²) in [6.07, 6.45) is 1.66. The van der Waals surface area contributed by atoms with Gasteiger partial charge in [-0.25, -0.2) is 5.43 Å². The fourth-order valence-electron chi connectivity index (χ4n) is 1.01.